The van der Waals surface area contributed by atoms with E-state index in [1.807, 2.05) is 0 Å². The molecule has 2 rings (SSSR count). The van der Waals surface area contributed by atoms with Crippen molar-refractivity contribution in [2.45, 2.75) is 6.18 Å². The highest BCUT2D eigenvalue weighted by atomic mass is 35.5. The number of hydrogen-bond acceptors (Lipinski definition) is 6. The highest BCUT2D eigenvalue weighted by molar-refractivity contribution is 6.30. The molecule has 0 atom stereocenters. The first kappa shape index (κ1) is 17.2. The fourth-order valence-corrected chi connectivity index (χ4v) is 1.88. The van der Waals surface area contributed by atoms with E-state index in [2.05, 4.69) is 25.8 Å². The molecule has 23 heavy (non-hydrogen) atoms. The van der Waals surface area contributed by atoms with Crippen molar-refractivity contribution in [3.05, 3.63) is 35.0 Å². The van der Waals surface area contributed by atoms with Crippen molar-refractivity contribution >= 4 is 29.1 Å². The monoisotopic (exact) mass is 347 g/mol. The maximum atomic E-state index is 13.0. The van der Waals surface area contributed by atoms with Crippen LogP contribution in [0.15, 0.2) is 24.4 Å². The molecule has 124 valence electrons. The first-order chi connectivity index (χ1) is 10.9. The summed E-state index contributed by atoms with van der Waals surface area (Å²) in [6.45, 7) is 0.922. The van der Waals surface area contributed by atoms with Gasteiger partial charge in [0.05, 0.1) is 24.1 Å². The summed E-state index contributed by atoms with van der Waals surface area (Å²) < 4.78 is 44.0. The topological polar surface area (TPSA) is 72.0 Å². The van der Waals surface area contributed by atoms with Crippen LogP contribution < -0.4 is 10.6 Å². The number of alkyl halides is 3. The number of halogens is 4. The summed E-state index contributed by atoms with van der Waals surface area (Å²) in [5.41, 5.74) is -1.12. The Morgan fingerprint density at radius 3 is 2.78 bits per heavy atom. The Morgan fingerprint density at radius 1 is 1.30 bits per heavy atom. The van der Waals surface area contributed by atoms with Gasteiger partial charge in [-0.1, -0.05) is 11.6 Å². The molecule has 1 aromatic carbocycles. The van der Waals surface area contributed by atoms with Crippen LogP contribution in [-0.4, -0.2) is 35.4 Å². The van der Waals surface area contributed by atoms with Gasteiger partial charge in [-0.15, -0.1) is 5.10 Å². The second kappa shape index (κ2) is 7.42. The Hall–Kier alpha value is -2.13. The van der Waals surface area contributed by atoms with E-state index in [0.717, 1.165) is 6.07 Å². The molecule has 0 spiro atoms. The third kappa shape index (κ3) is 4.93. The molecule has 0 saturated heterocycles. The maximum Gasteiger partial charge on any atom is 0.418 e. The second-order valence-electron chi connectivity index (χ2n) is 4.40. The predicted molar refractivity (Wildman–Crippen MR) is 79.9 cm³/mol. The molecule has 2 N–H and O–H groups in total. The van der Waals surface area contributed by atoms with E-state index in [1.54, 1.807) is 7.11 Å². The Morgan fingerprint density at radius 2 is 2.09 bits per heavy atom. The van der Waals surface area contributed by atoms with Crippen LogP contribution in [0.1, 0.15) is 5.56 Å². The Bertz CT molecular complexity index is 668. The Kier molecular flexibility index (Phi) is 5.56. The van der Waals surface area contributed by atoms with E-state index in [-0.39, 0.29) is 16.7 Å². The van der Waals surface area contributed by atoms with Crippen LogP contribution in [0.25, 0.3) is 0 Å². The zero-order valence-corrected chi connectivity index (χ0v) is 12.7. The first-order valence-electron chi connectivity index (χ1n) is 6.46. The van der Waals surface area contributed by atoms with Gasteiger partial charge in [0, 0.05) is 18.7 Å². The normalized spacial score (nSPS) is 11.3. The minimum atomic E-state index is -4.56. The van der Waals surface area contributed by atoms with Crippen molar-refractivity contribution < 1.29 is 17.9 Å². The zero-order valence-electron chi connectivity index (χ0n) is 12.0. The van der Waals surface area contributed by atoms with Gasteiger partial charge >= 0.3 is 6.18 Å². The van der Waals surface area contributed by atoms with Crippen LogP contribution in [0.5, 0.6) is 0 Å². The number of rotatable bonds is 6. The third-order valence-electron chi connectivity index (χ3n) is 2.70. The zero-order chi connectivity index (χ0) is 16.9. The lowest BCUT2D eigenvalue weighted by Gasteiger charge is -2.14. The van der Waals surface area contributed by atoms with Crippen LogP contribution in [-0.2, 0) is 10.9 Å². The van der Waals surface area contributed by atoms with Crippen molar-refractivity contribution in [1.29, 1.82) is 0 Å². The van der Waals surface area contributed by atoms with Gasteiger partial charge in [0.25, 0.3) is 0 Å². The van der Waals surface area contributed by atoms with Gasteiger partial charge in [-0.2, -0.15) is 23.3 Å². The molecule has 1 aromatic heterocycles. The summed E-state index contributed by atoms with van der Waals surface area (Å²) >= 11 is 5.63. The molecule has 0 aliphatic heterocycles. The molecule has 0 aliphatic rings. The Balaban J connectivity index is 2.21. The van der Waals surface area contributed by atoms with Crippen molar-refractivity contribution in [2.24, 2.45) is 0 Å². The average molecular weight is 348 g/mol. The van der Waals surface area contributed by atoms with Crippen molar-refractivity contribution in [3.63, 3.8) is 0 Å². The number of nitrogens with one attached hydrogen (secondary N) is 2. The molecule has 0 saturated carbocycles. The SMILES string of the molecule is COCCNc1cnnc(Nc2ccc(Cl)cc2C(F)(F)F)n1. The molecular formula is C13H13ClF3N5O. The largest absolute Gasteiger partial charge is 0.418 e. The van der Waals surface area contributed by atoms with Crippen LogP contribution in [0.3, 0.4) is 0 Å². The van der Waals surface area contributed by atoms with Crippen molar-refractivity contribution in [2.75, 3.05) is 30.9 Å². The van der Waals surface area contributed by atoms with Gasteiger partial charge in [-0.3, -0.25) is 0 Å². The summed E-state index contributed by atoms with van der Waals surface area (Å²) in [7, 11) is 1.55. The van der Waals surface area contributed by atoms with Gasteiger partial charge in [0.15, 0.2) is 5.82 Å². The number of benzene rings is 1. The number of methoxy groups -OCH3 is 1. The molecule has 0 fully saturated rings. The summed E-state index contributed by atoms with van der Waals surface area (Å²) in [4.78, 5) is 4.03. The van der Waals surface area contributed by atoms with Crippen molar-refractivity contribution in [1.82, 2.24) is 15.2 Å². The van der Waals surface area contributed by atoms with Crippen LogP contribution in [0.2, 0.25) is 5.02 Å². The molecule has 0 bridgehead atoms. The lowest BCUT2D eigenvalue weighted by molar-refractivity contribution is -0.136. The third-order valence-corrected chi connectivity index (χ3v) is 2.94. The lowest BCUT2D eigenvalue weighted by Crippen LogP contribution is -2.12. The first-order valence-corrected chi connectivity index (χ1v) is 6.84. The molecule has 0 amide bonds. The van der Waals surface area contributed by atoms with Crippen LogP contribution in [0.4, 0.5) is 30.6 Å². The van der Waals surface area contributed by atoms with E-state index < -0.39 is 11.7 Å². The minimum absolute atomic E-state index is 0.0168. The standard InChI is InChI=1S/C13H13ClF3N5O/c1-23-5-4-18-11-7-19-22-12(21-11)20-10-3-2-8(14)6-9(10)13(15,16)17/h2-3,6-7H,4-5H2,1H3,(H2,18,20,21,22). The number of ether oxygens (including phenoxy) is 1. The summed E-state index contributed by atoms with van der Waals surface area (Å²) in [6.07, 6.45) is -3.21. The van der Waals surface area contributed by atoms with E-state index in [4.69, 9.17) is 16.3 Å². The molecule has 10 heteroatoms. The fourth-order valence-electron chi connectivity index (χ4n) is 1.70. The second-order valence-corrected chi connectivity index (χ2v) is 4.83. The number of nitrogens with zero attached hydrogens (tertiary/aromatic N) is 3. The van der Waals surface area contributed by atoms with Crippen LogP contribution in [0, 0.1) is 0 Å². The number of hydrogen-bond donors (Lipinski definition) is 2. The molecular weight excluding hydrogens is 335 g/mol. The smallest absolute Gasteiger partial charge is 0.383 e. The molecule has 0 radical (unpaired) electrons. The van der Waals surface area contributed by atoms with E-state index in [1.165, 1.54) is 18.3 Å². The van der Waals surface area contributed by atoms with E-state index in [9.17, 15) is 13.2 Å². The van der Waals surface area contributed by atoms with Gasteiger partial charge < -0.3 is 15.4 Å². The fraction of sp³-hybridized carbons (Fsp3) is 0.308. The average Bonchev–Trinajstić information content (AvgIpc) is 2.49. The Labute approximate surface area is 135 Å². The molecule has 1 heterocycles. The number of aromatic nitrogens is 3. The molecule has 0 aliphatic carbocycles. The summed E-state index contributed by atoms with van der Waals surface area (Å²) in [6, 6.07) is 3.38. The summed E-state index contributed by atoms with van der Waals surface area (Å²) in [5, 5.41) is 12.7. The van der Waals surface area contributed by atoms with Crippen LogP contribution >= 0.6 is 11.6 Å². The molecule has 2 aromatic rings. The van der Waals surface area contributed by atoms with Gasteiger partial charge in [0.2, 0.25) is 5.95 Å². The molecule has 0 unspecified atom stereocenters. The minimum Gasteiger partial charge on any atom is -0.383 e. The maximum absolute atomic E-state index is 13.0. The van der Waals surface area contributed by atoms with Gasteiger partial charge in [-0.25, -0.2) is 0 Å². The number of anilines is 3. The highest BCUT2D eigenvalue weighted by Gasteiger charge is 2.34. The highest BCUT2D eigenvalue weighted by Crippen LogP contribution is 2.37. The van der Waals surface area contributed by atoms with Crippen molar-refractivity contribution in [3.8, 4) is 0 Å². The van der Waals surface area contributed by atoms with Gasteiger partial charge in [0.1, 0.15) is 0 Å². The quantitative estimate of drug-likeness (QED) is 0.781. The lowest BCUT2D eigenvalue weighted by atomic mass is 10.1. The van der Waals surface area contributed by atoms with E-state index in [0.29, 0.717) is 19.0 Å². The molecule has 6 nitrogen and oxygen atoms in total. The van der Waals surface area contributed by atoms with E-state index >= 15 is 0 Å². The summed E-state index contributed by atoms with van der Waals surface area (Å²) in [5.74, 6) is 0.294. The predicted octanol–water partition coefficient (Wildman–Crippen LogP) is 3.35. The van der Waals surface area contributed by atoms with Gasteiger partial charge in [-0.05, 0) is 18.2 Å².